The molecule has 2 heterocycles. The minimum absolute atomic E-state index is 0.00126. The van der Waals surface area contributed by atoms with Gasteiger partial charge in [0.25, 0.3) is 0 Å². The number of ketones is 1. The molecular formula is C26H20N2O3. The number of nitrogens with one attached hydrogen (secondary N) is 2. The van der Waals surface area contributed by atoms with Crippen LogP contribution in [0.15, 0.2) is 94.8 Å². The molecule has 0 fully saturated rings. The Labute approximate surface area is 178 Å². The minimum atomic E-state index is -0.608. The van der Waals surface area contributed by atoms with Crippen molar-refractivity contribution >= 4 is 5.78 Å². The van der Waals surface area contributed by atoms with Crippen LogP contribution in [-0.2, 0) is 18.3 Å². The summed E-state index contributed by atoms with van der Waals surface area (Å²) in [7, 11) is 0. The monoisotopic (exact) mass is 408 g/mol. The van der Waals surface area contributed by atoms with Crippen molar-refractivity contribution in [2.45, 2.75) is 18.3 Å². The van der Waals surface area contributed by atoms with E-state index in [1.807, 2.05) is 60.7 Å². The highest BCUT2D eigenvalue weighted by Crippen LogP contribution is 2.45. The average Bonchev–Trinajstić information content (AvgIpc) is 2.78. The third-order valence-corrected chi connectivity index (χ3v) is 6.07. The van der Waals surface area contributed by atoms with E-state index in [2.05, 4.69) is 9.97 Å². The lowest BCUT2D eigenvalue weighted by Gasteiger charge is -2.41. The first kappa shape index (κ1) is 19.0. The number of pyridine rings is 2. The van der Waals surface area contributed by atoms with Gasteiger partial charge in [-0.1, -0.05) is 48.5 Å². The molecule has 0 aliphatic heterocycles. The van der Waals surface area contributed by atoms with E-state index in [-0.39, 0.29) is 16.9 Å². The fourth-order valence-corrected chi connectivity index (χ4v) is 4.83. The molecular weight excluding hydrogens is 388 g/mol. The van der Waals surface area contributed by atoms with Gasteiger partial charge >= 0.3 is 0 Å². The summed E-state index contributed by atoms with van der Waals surface area (Å²) in [5.74, 6) is -0.00126. The number of carbonyl (C=O) groups is 1. The fourth-order valence-electron chi connectivity index (χ4n) is 4.83. The molecule has 31 heavy (non-hydrogen) atoms. The van der Waals surface area contributed by atoms with Gasteiger partial charge in [0.05, 0.1) is 0 Å². The fraction of sp³-hybridized carbons (Fsp3) is 0.115. The van der Waals surface area contributed by atoms with Gasteiger partial charge in [0.15, 0.2) is 5.78 Å². The molecule has 2 aromatic heterocycles. The summed E-state index contributed by atoms with van der Waals surface area (Å²) in [6, 6.07) is 22.3. The second-order valence-corrected chi connectivity index (χ2v) is 7.98. The zero-order valence-corrected chi connectivity index (χ0v) is 16.7. The van der Waals surface area contributed by atoms with Crippen molar-refractivity contribution in [2.24, 2.45) is 0 Å². The lowest BCUT2D eigenvalue weighted by atomic mass is 9.61. The zero-order valence-electron chi connectivity index (χ0n) is 16.7. The third-order valence-electron chi connectivity index (χ3n) is 6.07. The molecule has 0 radical (unpaired) electrons. The number of hydrogen-bond donors (Lipinski definition) is 2. The van der Waals surface area contributed by atoms with Crippen LogP contribution < -0.4 is 11.1 Å². The standard InChI is InChI=1S/C26H20N2O3/c29-23-13-17(9-11-27-23)15-26(16-18-10-12-28-24(30)14-18)21-7-3-1-5-19(21)25(31)20-6-2-4-8-22(20)26/h1-14H,15-16H2,(H,27,29)(H,28,30). The first-order valence-corrected chi connectivity index (χ1v) is 10.2. The summed E-state index contributed by atoms with van der Waals surface area (Å²) in [6.07, 6.45) is 4.32. The maximum absolute atomic E-state index is 13.3. The van der Waals surface area contributed by atoms with E-state index in [9.17, 15) is 14.4 Å². The Morgan fingerprint density at radius 1 is 0.613 bits per heavy atom. The highest BCUT2D eigenvalue weighted by molar-refractivity contribution is 6.13. The minimum Gasteiger partial charge on any atom is -0.329 e. The molecule has 1 aliphatic carbocycles. The van der Waals surface area contributed by atoms with Crippen LogP contribution in [0.5, 0.6) is 0 Å². The van der Waals surface area contributed by atoms with Crippen LogP contribution in [0.25, 0.3) is 0 Å². The average molecular weight is 408 g/mol. The van der Waals surface area contributed by atoms with Crippen LogP contribution in [0.3, 0.4) is 0 Å². The van der Waals surface area contributed by atoms with Crippen LogP contribution in [0, 0.1) is 0 Å². The van der Waals surface area contributed by atoms with Gasteiger partial charge < -0.3 is 9.97 Å². The molecule has 0 unspecified atom stereocenters. The third kappa shape index (κ3) is 3.24. The molecule has 1 aliphatic rings. The molecule has 0 amide bonds. The maximum atomic E-state index is 13.3. The van der Waals surface area contributed by atoms with Crippen LogP contribution in [0.2, 0.25) is 0 Å². The predicted molar refractivity (Wildman–Crippen MR) is 119 cm³/mol. The Morgan fingerprint density at radius 3 is 1.52 bits per heavy atom. The van der Waals surface area contributed by atoms with Gasteiger partial charge in [-0.05, 0) is 47.2 Å². The number of rotatable bonds is 4. The quantitative estimate of drug-likeness (QED) is 0.543. The van der Waals surface area contributed by atoms with Gasteiger partial charge in [0.1, 0.15) is 0 Å². The topological polar surface area (TPSA) is 82.8 Å². The van der Waals surface area contributed by atoms with Crippen LogP contribution in [-0.4, -0.2) is 15.8 Å². The van der Waals surface area contributed by atoms with Crippen molar-refractivity contribution in [1.82, 2.24) is 9.97 Å². The Morgan fingerprint density at radius 2 is 1.06 bits per heavy atom. The number of hydrogen-bond acceptors (Lipinski definition) is 3. The summed E-state index contributed by atoms with van der Waals surface area (Å²) in [4.78, 5) is 42.7. The van der Waals surface area contributed by atoms with Crippen LogP contribution in [0.1, 0.15) is 38.2 Å². The van der Waals surface area contributed by atoms with E-state index in [1.165, 1.54) is 0 Å². The highest BCUT2D eigenvalue weighted by atomic mass is 16.1. The number of benzene rings is 2. The highest BCUT2D eigenvalue weighted by Gasteiger charge is 2.43. The van der Waals surface area contributed by atoms with Crippen molar-refractivity contribution in [1.29, 1.82) is 0 Å². The summed E-state index contributed by atoms with van der Waals surface area (Å²) in [5, 5.41) is 0. The number of H-pyrrole nitrogens is 2. The van der Waals surface area contributed by atoms with Gasteiger partial charge in [-0.15, -0.1) is 0 Å². The number of aromatic amines is 2. The zero-order chi connectivity index (χ0) is 21.4. The molecule has 0 saturated heterocycles. The molecule has 5 rings (SSSR count). The second-order valence-electron chi connectivity index (χ2n) is 7.98. The maximum Gasteiger partial charge on any atom is 0.248 e. The second kappa shape index (κ2) is 7.36. The van der Waals surface area contributed by atoms with Crippen molar-refractivity contribution < 1.29 is 4.79 Å². The van der Waals surface area contributed by atoms with Crippen LogP contribution in [0.4, 0.5) is 0 Å². The largest absolute Gasteiger partial charge is 0.329 e. The van der Waals surface area contributed by atoms with Gasteiger partial charge in [-0.25, -0.2) is 0 Å². The first-order valence-electron chi connectivity index (χ1n) is 10.2. The molecule has 0 bridgehead atoms. The van der Waals surface area contributed by atoms with Crippen molar-refractivity contribution in [3.8, 4) is 0 Å². The Kier molecular flexibility index (Phi) is 4.51. The Hall–Kier alpha value is -3.99. The number of fused-ring (bicyclic) bond motifs is 2. The van der Waals surface area contributed by atoms with E-state index in [4.69, 9.17) is 0 Å². The van der Waals surface area contributed by atoms with Gasteiger partial charge in [-0.2, -0.15) is 0 Å². The molecule has 0 spiro atoms. The first-order chi connectivity index (χ1) is 15.1. The van der Waals surface area contributed by atoms with Crippen molar-refractivity contribution in [3.05, 3.63) is 139 Å². The molecule has 2 aromatic carbocycles. The normalized spacial score (nSPS) is 14.0. The summed E-state index contributed by atoms with van der Waals surface area (Å²) in [6.45, 7) is 0. The van der Waals surface area contributed by atoms with Gasteiger partial charge in [0.2, 0.25) is 11.1 Å². The summed E-state index contributed by atoms with van der Waals surface area (Å²) < 4.78 is 0. The molecule has 4 aromatic rings. The van der Waals surface area contributed by atoms with Crippen molar-refractivity contribution in [2.75, 3.05) is 0 Å². The molecule has 5 nitrogen and oxygen atoms in total. The van der Waals surface area contributed by atoms with E-state index >= 15 is 0 Å². The molecule has 0 saturated carbocycles. The van der Waals surface area contributed by atoms with Crippen LogP contribution >= 0.6 is 0 Å². The van der Waals surface area contributed by atoms with E-state index in [0.29, 0.717) is 24.0 Å². The molecule has 2 N–H and O–H groups in total. The molecule has 152 valence electrons. The molecule has 5 heteroatoms. The number of aromatic nitrogens is 2. The molecule has 0 atom stereocenters. The smallest absolute Gasteiger partial charge is 0.248 e. The van der Waals surface area contributed by atoms with E-state index in [0.717, 1.165) is 22.3 Å². The lowest BCUT2D eigenvalue weighted by molar-refractivity contribution is 0.102. The van der Waals surface area contributed by atoms with E-state index in [1.54, 1.807) is 24.5 Å². The number of carbonyl (C=O) groups excluding carboxylic acids is 1. The Bertz CT molecular complexity index is 1310. The van der Waals surface area contributed by atoms with Gasteiger partial charge in [-0.3, -0.25) is 14.4 Å². The van der Waals surface area contributed by atoms with Gasteiger partial charge in [0, 0.05) is 41.1 Å². The SMILES string of the molecule is O=C1c2ccccc2C(Cc2cc[nH]c(=O)c2)(Cc2cc[nH]c(=O)c2)c2ccccc21. The Balaban J connectivity index is 1.81. The lowest BCUT2D eigenvalue weighted by Crippen LogP contribution is -2.40. The summed E-state index contributed by atoms with van der Waals surface area (Å²) in [5.41, 5.74) is 3.95. The predicted octanol–water partition coefficient (Wildman–Crippen LogP) is 3.38. The van der Waals surface area contributed by atoms with E-state index < -0.39 is 5.41 Å². The van der Waals surface area contributed by atoms with Crippen molar-refractivity contribution in [3.63, 3.8) is 0 Å². The summed E-state index contributed by atoms with van der Waals surface area (Å²) >= 11 is 0.